The number of aromatic nitrogens is 2. The topological polar surface area (TPSA) is 84.3 Å². The Bertz CT molecular complexity index is 1280. The molecule has 2 aromatic heterocycles. The molecule has 1 N–H and O–H groups in total. The first-order chi connectivity index (χ1) is 17.3. The van der Waals surface area contributed by atoms with Crippen LogP contribution in [0.2, 0.25) is 4.34 Å². The number of amides is 3. The standard InChI is InChI=1S/C26H26BrClN4O3S/c1-31-22(20(27)13-29-31)19-12-21(36-23(19)28)24(33)30-16(11-15-7-3-2-4-8-15)14-32-25(34)17-9-5-6-10-18(17)26(32)35/h5-6,9-10,12-13,15-16H,2-4,7-8,11,14H2,1H3,(H,30,33). The Morgan fingerprint density at radius 3 is 2.44 bits per heavy atom. The van der Waals surface area contributed by atoms with E-state index in [1.54, 1.807) is 41.2 Å². The van der Waals surface area contributed by atoms with Gasteiger partial charge in [0.2, 0.25) is 0 Å². The van der Waals surface area contributed by atoms with E-state index in [0.717, 1.165) is 35.0 Å². The molecule has 3 amide bonds. The van der Waals surface area contributed by atoms with E-state index in [1.165, 1.54) is 35.5 Å². The van der Waals surface area contributed by atoms with Gasteiger partial charge in [0, 0.05) is 25.2 Å². The fourth-order valence-electron chi connectivity index (χ4n) is 5.24. The van der Waals surface area contributed by atoms with Crippen molar-refractivity contribution in [1.82, 2.24) is 20.0 Å². The van der Waals surface area contributed by atoms with Crippen molar-refractivity contribution >= 4 is 56.6 Å². The van der Waals surface area contributed by atoms with Gasteiger partial charge in [-0.3, -0.25) is 24.0 Å². The van der Waals surface area contributed by atoms with Gasteiger partial charge >= 0.3 is 0 Å². The Morgan fingerprint density at radius 2 is 1.83 bits per heavy atom. The molecule has 1 unspecified atom stereocenters. The molecule has 5 rings (SSSR count). The van der Waals surface area contributed by atoms with Gasteiger partial charge in [0.15, 0.2) is 0 Å². The predicted molar refractivity (Wildman–Crippen MR) is 143 cm³/mol. The quantitative estimate of drug-likeness (QED) is 0.346. The van der Waals surface area contributed by atoms with E-state index in [4.69, 9.17) is 11.6 Å². The number of hydrogen-bond acceptors (Lipinski definition) is 5. The van der Waals surface area contributed by atoms with E-state index in [-0.39, 0.29) is 30.3 Å². The van der Waals surface area contributed by atoms with Gasteiger partial charge in [-0.2, -0.15) is 5.10 Å². The van der Waals surface area contributed by atoms with E-state index in [1.807, 2.05) is 7.05 Å². The average Bonchev–Trinajstić information content (AvgIpc) is 3.49. The molecule has 7 nitrogen and oxygen atoms in total. The van der Waals surface area contributed by atoms with Crippen LogP contribution in [0.25, 0.3) is 11.3 Å². The van der Waals surface area contributed by atoms with E-state index in [0.29, 0.717) is 26.3 Å². The van der Waals surface area contributed by atoms with Crippen LogP contribution in [0.1, 0.15) is 68.9 Å². The number of imide groups is 1. The van der Waals surface area contributed by atoms with Crippen LogP contribution < -0.4 is 5.32 Å². The number of benzene rings is 1. The highest BCUT2D eigenvalue weighted by molar-refractivity contribution is 9.10. The summed E-state index contributed by atoms with van der Waals surface area (Å²) in [6.45, 7) is 0.147. The number of nitrogens with one attached hydrogen (secondary N) is 1. The van der Waals surface area contributed by atoms with Crippen molar-refractivity contribution in [3.63, 3.8) is 0 Å². The van der Waals surface area contributed by atoms with Crippen LogP contribution in [-0.2, 0) is 7.05 Å². The largest absolute Gasteiger partial charge is 0.347 e. The zero-order valence-electron chi connectivity index (χ0n) is 19.8. The maximum absolute atomic E-state index is 13.4. The summed E-state index contributed by atoms with van der Waals surface area (Å²) in [5, 5.41) is 7.36. The molecule has 1 saturated carbocycles. The lowest BCUT2D eigenvalue weighted by Gasteiger charge is -2.29. The Labute approximate surface area is 226 Å². The van der Waals surface area contributed by atoms with Gasteiger partial charge in [-0.15, -0.1) is 11.3 Å². The highest BCUT2D eigenvalue weighted by Gasteiger charge is 2.37. The maximum Gasteiger partial charge on any atom is 0.261 e. The van der Waals surface area contributed by atoms with Crippen molar-refractivity contribution in [3.05, 3.63) is 61.3 Å². The second-order valence-electron chi connectivity index (χ2n) is 9.44. The van der Waals surface area contributed by atoms with Crippen molar-refractivity contribution in [1.29, 1.82) is 0 Å². The number of aryl methyl sites for hydroxylation is 1. The van der Waals surface area contributed by atoms with Crippen molar-refractivity contribution in [3.8, 4) is 11.3 Å². The number of halogens is 2. The fourth-order valence-corrected chi connectivity index (χ4v) is 6.98. The number of hydrogen-bond donors (Lipinski definition) is 1. The van der Waals surface area contributed by atoms with E-state index < -0.39 is 0 Å². The van der Waals surface area contributed by atoms with Crippen molar-refractivity contribution in [2.45, 2.75) is 44.6 Å². The Morgan fingerprint density at radius 1 is 1.17 bits per heavy atom. The molecule has 1 fully saturated rings. The lowest BCUT2D eigenvalue weighted by Crippen LogP contribution is -2.46. The maximum atomic E-state index is 13.4. The van der Waals surface area contributed by atoms with Crippen LogP contribution in [0, 0.1) is 5.92 Å². The second kappa shape index (κ2) is 10.5. The summed E-state index contributed by atoms with van der Waals surface area (Å²) in [6.07, 6.45) is 8.16. The summed E-state index contributed by atoms with van der Waals surface area (Å²) in [6, 6.07) is 8.28. The third kappa shape index (κ3) is 4.88. The Balaban J connectivity index is 1.37. The first-order valence-electron chi connectivity index (χ1n) is 12.1. The lowest BCUT2D eigenvalue weighted by molar-refractivity contribution is 0.0620. The third-order valence-electron chi connectivity index (χ3n) is 7.02. The van der Waals surface area contributed by atoms with Gasteiger partial charge in [-0.1, -0.05) is 55.8 Å². The highest BCUT2D eigenvalue weighted by Crippen LogP contribution is 2.39. The summed E-state index contributed by atoms with van der Waals surface area (Å²) in [7, 11) is 1.82. The summed E-state index contributed by atoms with van der Waals surface area (Å²) < 4.78 is 2.99. The summed E-state index contributed by atoms with van der Waals surface area (Å²) in [5.41, 5.74) is 2.35. The summed E-state index contributed by atoms with van der Waals surface area (Å²) in [5.74, 6) is -0.419. The SMILES string of the molecule is Cn1ncc(Br)c1-c1cc(C(=O)NC(CC2CCCCC2)CN2C(=O)c3ccccc3C2=O)sc1Cl. The third-order valence-corrected chi connectivity index (χ3v) is 8.96. The summed E-state index contributed by atoms with van der Waals surface area (Å²) in [4.78, 5) is 41.1. The molecule has 0 spiro atoms. The van der Waals surface area contributed by atoms with Crippen LogP contribution >= 0.6 is 38.9 Å². The van der Waals surface area contributed by atoms with Crippen molar-refractivity contribution < 1.29 is 14.4 Å². The zero-order valence-corrected chi connectivity index (χ0v) is 23.0. The molecule has 1 aliphatic heterocycles. The minimum absolute atomic E-state index is 0.147. The molecule has 3 heterocycles. The number of fused-ring (bicyclic) bond motifs is 1. The van der Waals surface area contributed by atoms with Crippen LogP contribution in [0.4, 0.5) is 0 Å². The smallest absolute Gasteiger partial charge is 0.261 e. The number of rotatable bonds is 7. The number of carbonyl (C=O) groups is 3. The molecule has 1 aromatic carbocycles. The molecular weight excluding hydrogens is 564 g/mol. The van der Waals surface area contributed by atoms with E-state index in [2.05, 4.69) is 26.3 Å². The second-order valence-corrected chi connectivity index (χ2v) is 11.9. The molecule has 188 valence electrons. The number of carbonyl (C=O) groups excluding carboxylic acids is 3. The molecule has 36 heavy (non-hydrogen) atoms. The van der Waals surface area contributed by atoms with Crippen LogP contribution in [-0.4, -0.2) is 45.0 Å². The minimum Gasteiger partial charge on any atom is -0.347 e. The van der Waals surface area contributed by atoms with Crippen LogP contribution in [0.3, 0.4) is 0 Å². The monoisotopic (exact) mass is 588 g/mol. The van der Waals surface area contributed by atoms with Gasteiger partial charge in [-0.25, -0.2) is 0 Å². The van der Waals surface area contributed by atoms with Crippen LogP contribution in [0.15, 0.2) is 41.0 Å². The summed E-state index contributed by atoms with van der Waals surface area (Å²) >= 11 is 11.2. The predicted octanol–water partition coefficient (Wildman–Crippen LogP) is 5.93. The normalized spacial score (nSPS) is 16.9. The molecule has 1 aliphatic carbocycles. The molecule has 0 saturated heterocycles. The number of nitrogens with zero attached hydrogens (tertiary/aromatic N) is 3. The number of thiophene rings is 1. The van der Waals surface area contributed by atoms with Crippen LogP contribution in [0.5, 0.6) is 0 Å². The van der Waals surface area contributed by atoms with Gasteiger partial charge < -0.3 is 5.32 Å². The average molecular weight is 590 g/mol. The Hall–Kier alpha value is -2.49. The van der Waals surface area contributed by atoms with Crippen molar-refractivity contribution in [2.75, 3.05) is 6.54 Å². The molecule has 2 aliphatic rings. The van der Waals surface area contributed by atoms with E-state index in [9.17, 15) is 14.4 Å². The molecular formula is C26H26BrClN4O3S. The van der Waals surface area contributed by atoms with E-state index >= 15 is 0 Å². The molecule has 0 radical (unpaired) electrons. The highest BCUT2D eigenvalue weighted by atomic mass is 79.9. The van der Waals surface area contributed by atoms with Gasteiger partial charge in [-0.05, 0) is 46.5 Å². The van der Waals surface area contributed by atoms with Crippen molar-refractivity contribution in [2.24, 2.45) is 13.0 Å². The molecule has 3 aromatic rings. The molecule has 1 atom stereocenters. The van der Waals surface area contributed by atoms with Gasteiger partial charge in [0.25, 0.3) is 17.7 Å². The fraction of sp³-hybridized carbons (Fsp3) is 0.385. The molecule has 0 bridgehead atoms. The van der Waals surface area contributed by atoms with Gasteiger partial charge in [0.05, 0.1) is 32.4 Å². The first-order valence-corrected chi connectivity index (χ1v) is 14.1. The first kappa shape index (κ1) is 25.2. The molecule has 10 heteroatoms. The van der Waals surface area contributed by atoms with Gasteiger partial charge in [0.1, 0.15) is 4.34 Å². The Kier molecular flexibility index (Phi) is 7.32. The lowest BCUT2D eigenvalue weighted by atomic mass is 9.84. The zero-order chi connectivity index (χ0) is 25.4. The minimum atomic E-state index is -0.351.